The maximum absolute atomic E-state index is 12.8. The standard InChI is InChI=1S/C23H33N3O3/c27-18(14-26-21(28)19-16-7-8-17(13-16)20(19)22(26)29)24-15-23(9-3-1-4-10-23)25-11-5-2-6-12-25/h7-8,16-17,19-20H,1-6,9-15H2,(H,24,27). The third-order valence-corrected chi connectivity index (χ3v) is 8.29. The van der Waals surface area contributed by atoms with Crippen LogP contribution < -0.4 is 5.32 Å². The average Bonchev–Trinajstić information content (AvgIpc) is 3.44. The minimum Gasteiger partial charge on any atom is -0.353 e. The number of rotatable bonds is 5. The lowest BCUT2D eigenvalue weighted by molar-refractivity contribution is -0.144. The minimum atomic E-state index is -0.219. The molecule has 0 aromatic heterocycles. The lowest BCUT2D eigenvalue weighted by Gasteiger charge is -2.48. The fourth-order valence-corrected chi connectivity index (χ4v) is 6.77. The summed E-state index contributed by atoms with van der Waals surface area (Å²) in [5, 5.41) is 3.12. The van der Waals surface area contributed by atoms with Crippen molar-refractivity contribution in [2.45, 2.75) is 63.3 Å². The van der Waals surface area contributed by atoms with E-state index in [1.165, 1.54) is 43.4 Å². The van der Waals surface area contributed by atoms with Gasteiger partial charge in [0.15, 0.2) is 0 Å². The minimum absolute atomic E-state index is 0.0624. The van der Waals surface area contributed by atoms with E-state index in [2.05, 4.69) is 22.4 Å². The van der Waals surface area contributed by atoms with Gasteiger partial charge in [0.25, 0.3) is 0 Å². The average molecular weight is 400 g/mol. The van der Waals surface area contributed by atoms with Crippen molar-refractivity contribution < 1.29 is 14.4 Å². The number of hydrogen-bond acceptors (Lipinski definition) is 4. The number of nitrogens with one attached hydrogen (secondary N) is 1. The van der Waals surface area contributed by atoms with Crippen LogP contribution in [-0.4, -0.2) is 59.2 Å². The van der Waals surface area contributed by atoms with Crippen molar-refractivity contribution in [1.29, 1.82) is 0 Å². The van der Waals surface area contributed by atoms with E-state index < -0.39 is 0 Å². The van der Waals surface area contributed by atoms with E-state index >= 15 is 0 Å². The second kappa shape index (κ2) is 7.53. The Kier molecular flexibility index (Phi) is 5.01. The van der Waals surface area contributed by atoms with Gasteiger partial charge in [0, 0.05) is 12.1 Å². The van der Waals surface area contributed by atoms with Gasteiger partial charge in [0.2, 0.25) is 17.7 Å². The van der Waals surface area contributed by atoms with Crippen LogP contribution in [0.3, 0.4) is 0 Å². The number of carbonyl (C=O) groups excluding carboxylic acids is 3. The molecule has 29 heavy (non-hydrogen) atoms. The molecule has 5 rings (SSSR count). The molecule has 6 heteroatoms. The van der Waals surface area contributed by atoms with E-state index in [1.807, 2.05) is 0 Å². The van der Waals surface area contributed by atoms with Gasteiger partial charge in [0.1, 0.15) is 6.54 Å². The normalized spacial score (nSPS) is 35.9. The van der Waals surface area contributed by atoms with Gasteiger partial charge in [-0.1, -0.05) is 37.8 Å². The van der Waals surface area contributed by atoms with Crippen LogP contribution in [0.25, 0.3) is 0 Å². The second-order valence-corrected chi connectivity index (χ2v) is 9.87. The van der Waals surface area contributed by atoms with E-state index in [1.54, 1.807) is 0 Å². The highest BCUT2D eigenvalue weighted by Gasteiger charge is 2.59. The summed E-state index contributed by atoms with van der Waals surface area (Å²) in [5.41, 5.74) is 0.0624. The highest BCUT2D eigenvalue weighted by molar-refractivity contribution is 6.08. The number of amides is 3. The van der Waals surface area contributed by atoms with E-state index in [4.69, 9.17) is 0 Å². The lowest BCUT2D eigenvalue weighted by atomic mass is 9.79. The van der Waals surface area contributed by atoms with Crippen LogP contribution in [0.4, 0.5) is 0 Å². The van der Waals surface area contributed by atoms with Crippen molar-refractivity contribution in [2.75, 3.05) is 26.2 Å². The van der Waals surface area contributed by atoms with Gasteiger partial charge in [-0.3, -0.25) is 24.2 Å². The summed E-state index contributed by atoms with van der Waals surface area (Å²) >= 11 is 0. The van der Waals surface area contributed by atoms with E-state index in [0.29, 0.717) is 6.54 Å². The Morgan fingerprint density at radius 3 is 2.14 bits per heavy atom. The molecule has 5 aliphatic rings. The van der Waals surface area contributed by atoms with Gasteiger partial charge in [-0.15, -0.1) is 0 Å². The molecule has 0 spiro atoms. The Balaban J connectivity index is 1.21. The summed E-state index contributed by atoms with van der Waals surface area (Å²) in [7, 11) is 0. The van der Waals surface area contributed by atoms with Crippen LogP contribution in [0, 0.1) is 23.7 Å². The molecule has 0 aromatic rings. The SMILES string of the molecule is O=C(CN1C(=O)C2C3C=CC(C3)C2C1=O)NCC1(N2CCCCC2)CCCCC1. The van der Waals surface area contributed by atoms with Crippen molar-refractivity contribution in [2.24, 2.45) is 23.7 Å². The van der Waals surface area contributed by atoms with Crippen LogP contribution in [0.5, 0.6) is 0 Å². The summed E-state index contributed by atoms with van der Waals surface area (Å²) in [5.74, 6) is -0.496. The van der Waals surface area contributed by atoms with Crippen molar-refractivity contribution in [3.8, 4) is 0 Å². The number of nitrogens with zero attached hydrogens (tertiary/aromatic N) is 2. The first-order valence-corrected chi connectivity index (χ1v) is 11.6. The topological polar surface area (TPSA) is 69.7 Å². The monoisotopic (exact) mass is 399 g/mol. The smallest absolute Gasteiger partial charge is 0.240 e. The summed E-state index contributed by atoms with van der Waals surface area (Å²) in [4.78, 5) is 42.3. The Morgan fingerprint density at radius 2 is 1.52 bits per heavy atom. The molecule has 2 saturated carbocycles. The molecule has 158 valence electrons. The fraction of sp³-hybridized carbons (Fsp3) is 0.783. The molecule has 2 heterocycles. The number of hydrogen-bond donors (Lipinski definition) is 1. The zero-order valence-corrected chi connectivity index (χ0v) is 17.3. The molecule has 4 atom stereocenters. The van der Waals surface area contributed by atoms with Crippen molar-refractivity contribution in [1.82, 2.24) is 15.1 Å². The molecule has 1 N–H and O–H groups in total. The largest absolute Gasteiger partial charge is 0.353 e. The molecule has 3 amide bonds. The van der Waals surface area contributed by atoms with Crippen LogP contribution in [0.15, 0.2) is 12.2 Å². The molecule has 3 aliphatic carbocycles. The van der Waals surface area contributed by atoms with Gasteiger partial charge >= 0.3 is 0 Å². The van der Waals surface area contributed by atoms with Crippen LogP contribution in [0.1, 0.15) is 57.8 Å². The molecule has 4 fully saturated rings. The Hall–Kier alpha value is -1.69. The Bertz CT molecular complexity index is 691. The molecule has 4 unspecified atom stereocenters. The summed E-state index contributed by atoms with van der Waals surface area (Å²) in [6.45, 7) is 2.78. The maximum Gasteiger partial charge on any atom is 0.240 e. The first-order chi connectivity index (χ1) is 14.1. The quantitative estimate of drug-likeness (QED) is 0.568. The van der Waals surface area contributed by atoms with Crippen LogP contribution in [-0.2, 0) is 14.4 Å². The molecule has 2 bridgehead atoms. The predicted molar refractivity (Wildman–Crippen MR) is 109 cm³/mol. The fourth-order valence-electron chi connectivity index (χ4n) is 6.77. The first kappa shape index (κ1) is 19.3. The van der Waals surface area contributed by atoms with E-state index in [0.717, 1.165) is 32.4 Å². The number of allylic oxidation sites excluding steroid dienone is 2. The lowest BCUT2D eigenvalue weighted by Crippen LogP contribution is -2.58. The van der Waals surface area contributed by atoms with Crippen molar-refractivity contribution in [3.63, 3.8) is 0 Å². The van der Waals surface area contributed by atoms with Gasteiger partial charge in [0.05, 0.1) is 11.8 Å². The third kappa shape index (κ3) is 3.24. The summed E-state index contributed by atoms with van der Waals surface area (Å²) < 4.78 is 0. The third-order valence-electron chi connectivity index (χ3n) is 8.29. The number of likely N-dealkylation sites (tertiary alicyclic amines) is 2. The number of fused-ring (bicyclic) bond motifs is 5. The Morgan fingerprint density at radius 1 is 0.931 bits per heavy atom. The van der Waals surface area contributed by atoms with E-state index in [-0.39, 0.29) is 53.5 Å². The van der Waals surface area contributed by atoms with Crippen LogP contribution >= 0.6 is 0 Å². The number of imide groups is 1. The van der Waals surface area contributed by atoms with Gasteiger partial charge in [-0.25, -0.2) is 0 Å². The predicted octanol–water partition coefficient (Wildman–Crippen LogP) is 2.10. The van der Waals surface area contributed by atoms with Crippen LogP contribution in [0.2, 0.25) is 0 Å². The molecule has 0 aromatic carbocycles. The van der Waals surface area contributed by atoms with Gasteiger partial charge < -0.3 is 5.32 Å². The Labute approximate surface area is 173 Å². The van der Waals surface area contributed by atoms with E-state index in [9.17, 15) is 14.4 Å². The van der Waals surface area contributed by atoms with Crippen molar-refractivity contribution >= 4 is 17.7 Å². The molecule has 2 saturated heterocycles. The highest BCUT2D eigenvalue weighted by Crippen LogP contribution is 2.52. The molecular weight excluding hydrogens is 366 g/mol. The maximum atomic E-state index is 12.8. The molecule has 2 aliphatic heterocycles. The first-order valence-electron chi connectivity index (χ1n) is 11.6. The summed E-state index contributed by atoms with van der Waals surface area (Å²) in [6, 6.07) is 0. The molecule has 0 radical (unpaired) electrons. The highest BCUT2D eigenvalue weighted by atomic mass is 16.2. The number of piperidine rings is 1. The van der Waals surface area contributed by atoms with Gasteiger partial charge in [-0.05, 0) is 57.0 Å². The summed E-state index contributed by atoms with van der Waals surface area (Å²) in [6.07, 6.45) is 14.9. The molecular formula is C23H33N3O3. The number of carbonyl (C=O) groups is 3. The van der Waals surface area contributed by atoms with Gasteiger partial charge in [-0.2, -0.15) is 0 Å². The second-order valence-electron chi connectivity index (χ2n) is 9.87. The zero-order chi connectivity index (χ0) is 20.0. The van der Waals surface area contributed by atoms with Crippen molar-refractivity contribution in [3.05, 3.63) is 12.2 Å². The molecule has 6 nitrogen and oxygen atoms in total. The zero-order valence-electron chi connectivity index (χ0n) is 17.3.